The van der Waals surface area contributed by atoms with Crippen molar-refractivity contribution < 1.29 is 0 Å². The van der Waals surface area contributed by atoms with Crippen molar-refractivity contribution in [2.24, 2.45) is 4.99 Å². The van der Waals surface area contributed by atoms with Crippen molar-refractivity contribution >= 4 is 51.7 Å². The van der Waals surface area contributed by atoms with Crippen molar-refractivity contribution in [2.75, 3.05) is 13.1 Å². The van der Waals surface area contributed by atoms with Crippen LogP contribution in [0.4, 0.5) is 0 Å². The second-order valence-electron chi connectivity index (χ2n) is 6.72. The van der Waals surface area contributed by atoms with E-state index in [0.29, 0.717) is 6.54 Å². The Balaban J connectivity index is 0.00000240. The van der Waals surface area contributed by atoms with E-state index in [0.717, 1.165) is 41.9 Å². The first kappa shape index (κ1) is 21.1. The smallest absolute Gasteiger partial charge is 0.191 e. The predicted molar refractivity (Wildman–Crippen MR) is 132 cm³/mol. The van der Waals surface area contributed by atoms with E-state index in [1.54, 1.807) is 0 Å². The molecule has 29 heavy (non-hydrogen) atoms. The van der Waals surface area contributed by atoms with Gasteiger partial charge in [-0.3, -0.25) is 4.98 Å². The first-order chi connectivity index (χ1) is 13.8. The average Bonchev–Trinajstić information content (AvgIpc) is 3.15. The first-order valence-electron chi connectivity index (χ1n) is 9.75. The highest BCUT2D eigenvalue weighted by Gasteiger charge is 2.05. The molecule has 0 aliphatic heterocycles. The maximum Gasteiger partial charge on any atom is 0.191 e. The van der Waals surface area contributed by atoms with E-state index >= 15 is 0 Å². The Morgan fingerprint density at radius 1 is 1.00 bits per heavy atom. The van der Waals surface area contributed by atoms with Crippen molar-refractivity contribution in [2.45, 2.75) is 19.9 Å². The number of halogens is 1. The Kier molecular flexibility index (Phi) is 7.46. The normalized spacial score (nSPS) is 11.4. The van der Waals surface area contributed by atoms with E-state index in [1.165, 1.54) is 16.5 Å². The van der Waals surface area contributed by atoms with Crippen LogP contribution in [0.15, 0.2) is 72.0 Å². The highest BCUT2D eigenvalue weighted by Crippen LogP contribution is 2.18. The highest BCUT2D eigenvalue weighted by atomic mass is 127. The molecule has 0 radical (unpaired) electrons. The molecule has 0 unspecified atom stereocenters. The Morgan fingerprint density at radius 2 is 1.86 bits per heavy atom. The van der Waals surface area contributed by atoms with Gasteiger partial charge in [0.1, 0.15) is 0 Å². The van der Waals surface area contributed by atoms with Gasteiger partial charge in [-0.2, -0.15) is 0 Å². The van der Waals surface area contributed by atoms with Crippen LogP contribution in [-0.2, 0) is 13.0 Å². The van der Waals surface area contributed by atoms with Crippen LogP contribution in [-0.4, -0.2) is 29.0 Å². The number of hydrogen-bond donors (Lipinski definition) is 3. The summed E-state index contributed by atoms with van der Waals surface area (Å²) in [5.41, 5.74) is 4.65. The minimum absolute atomic E-state index is 0. The molecule has 2 aromatic heterocycles. The summed E-state index contributed by atoms with van der Waals surface area (Å²) in [6.45, 7) is 4.32. The molecule has 0 saturated heterocycles. The Hall–Kier alpha value is -2.61. The molecule has 0 aliphatic rings. The topological polar surface area (TPSA) is 65.1 Å². The van der Waals surface area contributed by atoms with Crippen LogP contribution in [0, 0.1) is 0 Å². The summed E-state index contributed by atoms with van der Waals surface area (Å²) in [5.74, 6) is 0.829. The zero-order chi connectivity index (χ0) is 19.2. The number of guanidine groups is 1. The van der Waals surface area contributed by atoms with E-state index in [4.69, 9.17) is 4.99 Å². The molecule has 0 saturated carbocycles. The summed E-state index contributed by atoms with van der Waals surface area (Å²) in [5, 5.41) is 9.21. The van der Waals surface area contributed by atoms with Crippen LogP contribution < -0.4 is 10.6 Å². The van der Waals surface area contributed by atoms with Crippen LogP contribution in [0.1, 0.15) is 18.1 Å². The Morgan fingerprint density at radius 3 is 2.76 bits per heavy atom. The van der Waals surface area contributed by atoms with Crippen molar-refractivity contribution in [1.29, 1.82) is 0 Å². The molecular formula is C23H26IN5. The number of benzene rings is 2. The zero-order valence-electron chi connectivity index (χ0n) is 16.5. The van der Waals surface area contributed by atoms with Gasteiger partial charge in [-0.25, -0.2) is 4.99 Å². The number of H-pyrrole nitrogens is 1. The molecular weight excluding hydrogens is 473 g/mol. The molecule has 150 valence electrons. The number of para-hydroxylation sites is 2. The van der Waals surface area contributed by atoms with Gasteiger partial charge in [-0.15, -0.1) is 24.0 Å². The molecule has 2 aromatic carbocycles. The maximum atomic E-state index is 4.76. The number of nitrogens with one attached hydrogen (secondary N) is 3. The molecule has 4 aromatic rings. The summed E-state index contributed by atoms with van der Waals surface area (Å²) in [6, 6.07) is 18.7. The fourth-order valence-corrected chi connectivity index (χ4v) is 3.45. The maximum absolute atomic E-state index is 4.76. The molecule has 3 N–H and O–H groups in total. The van der Waals surface area contributed by atoms with Gasteiger partial charge in [-0.05, 0) is 36.6 Å². The number of aromatic amines is 1. The van der Waals surface area contributed by atoms with Crippen LogP contribution in [0.5, 0.6) is 0 Å². The van der Waals surface area contributed by atoms with Gasteiger partial charge in [0, 0.05) is 41.8 Å². The summed E-state index contributed by atoms with van der Waals surface area (Å²) in [4.78, 5) is 12.6. The quantitative estimate of drug-likeness (QED) is 0.206. The van der Waals surface area contributed by atoms with Gasteiger partial charge >= 0.3 is 0 Å². The molecule has 6 heteroatoms. The number of nitrogens with zero attached hydrogens (tertiary/aromatic N) is 2. The number of pyridine rings is 1. The van der Waals surface area contributed by atoms with Crippen molar-refractivity contribution in [3.63, 3.8) is 0 Å². The fourth-order valence-electron chi connectivity index (χ4n) is 3.45. The minimum atomic E-state index is 0. The van der Waals surface area contributed by atoms with Crippen LogP contribution in [0.2, 0.25) is 0 Å². The van der Waals surface area contributed by atoms with E-state index in [-0.39, 0.29) is 24.0 Å². The van der Waals surface area contributed by atoms with Gasteiger partial charge in [0.2, 0.25) is 0 Å². The SMILES string of the molecule is CCNC(=NCc1cccc2cccnc12)NCCc1c[nH]c2ccccc12.I. The summed E-state index contributed by atoms with van der Waals surface area (Å²) < 4.78 is 0. The standard InChI is InChI=1S/C23H25N5.HI/c1-2-24-23(26-14-12-18-15-27-21-11-4-3-10-20(18)21)28-16-19-8-5-7-17-9-6-13-25-22(17)19;/h3-11,13,15,27H,2,12,14,16H2,1H3,(H2,24,26,28);1H. The van der Waals surface area contributed by atoms with E-state index < -0.39 is 0 Å². The van der Waals surface area contributed by atoms with E-state index in [9.17, 15) is 0 Å². The molecule has 0 amide bonds. The number of hydrogen-bond acceptors (Lipinski definition) is 2. The molecule has 0 atom stereocenters. The second kappa shape index (κ2) is 10.2. The Bertz CT molecular complexity index is 1100. The van der Waals surface area contributed by atoms with E-state index in [2.05, 4.69) is 82.3 Å². The lowest BCUT2D eigenvalue weighted by Gasteiger charge is -2.11. The third-order valence-electron chi connectivity index (χ3n) is 4.83. The molecule has 0 bridgehead atoms. The van der Waals surface area contributed by atoms with Crippen LogP contribution >= 0.6 is 24.0 Å². The fraction of sp³-hybridized carbons (Fsp3) is 0.217. The highest BCUT2D eigenvalue weighted by molar-refractivity contribution is 14.0. The molecule has 5 nitrogen and oxygen atoms in total. The largest absolute Gasteiger partial charge is 0.361 e. The number of aromatic nitrogens is 2. The van der Waals surface area contributed by atoms with Gasteiger partial charge < -0.3 is 15.6 Å². The van der Waals surface area contributed by atoms with Crippen LogP contribution in [0.3, 0.4) is 0 Å². The summed E-state index contributed by atoms with van der Waals surface area (Å²) >= 11 is 0. The minimum Gasteiger partial charge on any atom is -0.361 e. The summed E-state index contributed by atoms with van der Waals surface area (Å²) in [6.07, 6.45) is 4.86. The van der Waals surface area contributed by atoms with Crippen molar-refractivity contribution in [3.8, 4) is 0 Å². The van der Waals surface area contributed by atoms with Gasteiger partial charge in [-0.1, -0.05) is 42.5 Å². The Labute approximate surface area is 188 Å². The number of aliphatic imine (C=N–C) groups is 1. The number of rotatable bonds is 6. The van der Waals surface area contributed by atoms with Gasteiger partial charge in [0.25, 0.3) is 0 Å². The van der Waals surface area contributed by atoms with Gasteiger partial charge in [0.05, 0.1) is 12.1 Å². The molecule has 4 rings (SSSR count). The molecule has 0 spiro atoms. The lowest BCUT2D eigenvalue weighted by Crippen LogP contribution is -2.38. The monoisotopic (exact) mass is 499 g/mol. The lowest BCUT2D eigenvalue weighted by molar-refractivity contribution is 0.802. The molecule has 2 heterocycles. The summed E-state index contributed by atoms with van der Waals surface area (Å²) in [7, 11) is 0. The van der Waals surface area contributed by atoms with Gasteiger partial charge in [0.15, 0.2) is 5.96 Å². The van der Waals surface area contributed by atoms with Crippen molar-refractivity contribution in [1.82, 2.24) is 20.6 Å². The number of fused-ring (bicyclic) bond motifs is 2. The average molecular weight is 499 g/mol. The first-order valence-corrected chi connectivity index (χ1v) is 9.75. The zero-order valence-corrected chi connectivity index (χ0v) is 18.8. The predicted octanol–water partition coefficient (Wildman–Crippen LogP) is 4.63. The third-order valence-corrected chi connectivity index (χ3v) is 4.83. The second-order valence-corrected chi connectivity index (χ2v) is 6.72. The lowest BCUT2D eigenvalue weighted by atomic mass is 10.1. The molecule has 0 fully saturated rings. The van der Waals surface area contributed by atoms with E-state index in [1.807, 2.05) is 12.3 Å². The third kappa shape index (κ3) is 5.06. The van der Waals surface area contributed by atoms with Crippen molar-refractivity contribution in [3.05, 3.63) is 78.1 Å². The molecule has 0 aliphatic carbocycles. The van der Waals surface area contributed by atoms with Crippen LogP contribution in [0.25, 0.3) is 21.8 Å².